The molecule has 0 unspecified atom stereocenters. The van der Waals surface area contributed by atoms with Gasteiger partial charge in [-0.05, 0) is 45.6 Å². The van der Waals surface area contributed by atoms with Gasteiger partial charge in [0.1, 0.15) is 5.01 Å². The number of nitrogens with zero attached hydrogens (tertiary/aromatic N) is 1. The highest BCUT2D eigenvalue weighted by atomic mass is 79.9. The molecule has 0 atom stereocenters. The van der Waals surface area contributed by atoms with Crippen LogP contribution in [0.5, 0.6) is 0 Å². The molecule has 0 saturated heterocycles. The normalized spacial score (nSPS) is 12.2. The second-order valence-electron chi connectivity index (χ2n) is 3.80. The third-order valence-electron chi connectivity index (χ3n) is 2.53. The second kappa shape index (κ2) is 4.57. The highest BCUT2D eigenvalue weighted by molar-refractivity contribution is 9.10. The first-order chi connectivity index (χ1) is 8.95. The Hall–Kier alpha value is -0.920. The molecular formula is C12H5BrF3NS2. The van der Waals surface area contributed by atoms with E-state index in [1.807, 2.05) is 11.4 Å². The summed E-state index contributed by atoms with van der Waals surface area (Å²) in [4.78, 5) is 5.23. The minimum atomic E-state index is -4.33. The molecule has 0 aliphatic rings. The topological polar surface area (TPSA) is 12.9 Å². The van der Waals surface area contributed by atoms with Crippen molar-refractivity contribution in [1.29, 1.82) is 0 Å². The fourth-order valence-electron chi connectivity index (χ4n) is 1.65. The maximum Gasteiger partial charge on any atom is 0.416 e. The van der Waals surface area contributed by atoms with Crippen molar-refractivity contribution in [2.45, 2.75) is 6.18 Å². The Labute approximate surface area is 122 Å². The molecule has 0 bridgehead atoms. The van der Waals surface area contributed by atoms with Crippen LogP contribution < -0.4 is 0 Å². The number of halogens is 4. The van der Waals surface area contributed by atoms with Crippen LogP contribution in [0.3, 0.4) is 0 Å². The lowest BCUT2D eigenvalue weighted by molar-refractivity contribution is -0.137. The van der Waals surface area contributed by atoms with E-state index in [-0.39, 0.29) is 0 Å². The van der Waals surface area contributed by atoms with E-state index in [4.69, 9.17) is 0 Å². The molecule has 0 amide bonds. The number of thiophene rings is 1. The molecule has 0 fully saturated rings. The Kier molecular flexibility index (Phi) is 3.15. The Morgan fingerprint density at radius 3 is 2.58 bits per heavy atom. The van der Waals surface area contributed by atoms with Crippen molar-refractivity contribution in [3.05, 3.63) is 39.7 Å². The largest absolute Gasteiger partial charge is 0.416 e. The number of hydrogen-bond acceptors (Lipinski definition) is 3. The third-order valence-corrected chi connectivity index (χ3v) is 5.55. The Balaban J connectivity index is 2.14. The molecule has 1 nitrogen and oxygen atoms in total. The zero-order valence-corrected chi connectivity index (χ0v) is 12.4. The van der Waals surface area contributed by atoms with Crippen molar-refractivity contribution in [3.8, 4) is 9.88 Å². The third kappa shape index (κ3) is 2.42. The van der Waals surface area contributed by atoms with E-state index in [1.165, 1.54) is 28.7 Å². The van der Waals surface area contributed by atoms with Crippen LogP contribution in [-0.4, -0.2) is 4.98 Å². The van der Waals surface area contributed by atoms with Gasteiger partial charge in [0.05, 0.1) is 20.7 Å². The van der Waals surface area contributed by atoms with Crippen LogP contribution in [-0.2, 0) is 6.18 Å². The summed E-state index contributed by atoms with van der Waals surface area (Å²) in [5.74, 6) is 0. The molecule has 2 heterocycles. The average Bonchev–Trinajstić information content (AvgIpc) is 2.91. The minimum absolute atomic E-state index is 0.384. The second-order valence-corrected chi connectivity index (χ2v) is 6.60. The van der Waals surface area contributed by atoms with Crippen molar-refractivity contribution in [2.24, 2.45) is 0 Å². The summed E-state index contributed by atoms with van der Waals surface area (Å²) in [5, 5.41) is 2.64. The summed E-state index contributed by atoms with van der Waals surface area (Å²) < 4.78 is 39.6. The van der Waals surface area contributed by atoms with Crippen LogP contribution in [0.25, 0.3) is 20.1 Å². The number of alkyl halides is 3. The van der Waals surface area contributed by atoms with E-state index in [0.29, 0.717) is 5.52 Å². The lowest BCUT2D eigenvalue weighted by Gasteiger charge is -2.04. The Morgan fingerprint density at radius 1 is 1.16 bits per heavy atom. The van der Waals surface area contributed by atoms with Gasteiger partial charge in [-0.25, -0.2) is 4.98 Å². The average molecular weight is 364 g/mol. The van der Waals surface area contributed by atoms with Gasteiger partial charge in [0.15, 0.2) is 0 Å². The number of hydrogen-bond donors (Lipinski definition) is 0. The van der Waals surface area contributed by atoms with Crippen molar-refractivity contribution in [2.75, 3.05) is 0 Å². The molecule has 98 valence electrons. The minimum Gasteiger partial charge on any atom is -0.235 e. The van der Waals surface area contributed by atoms with Crippen molar-refractivity contribution in [3.63, 3.8) is 0 Å². The molecule has 3 aromatic rings. The highest BCUT2D eigenvalue weighted by Gasteiger charge is 2.30. The standard InChI is InChI=1S/C12H5BrF3NS2/c13-7-3-4-18-10(7)11-17-8-5-6(12(14,15)16)1-2-9(8)19-11/h1-5H. The highest BCUT2D eigenvalue weighted by Crippen LogP contribution is 2.39. The van der Waals surface area contributed by atoms with Crippen molar-refractivity contribution >= 4 is 48.8 Å². The van der Waals surface area contributed by atoms with Gasteiger partial charge in [-0.2, -0.15) is 13.2 Å². The lowest BCUT2D eigenvalue weighted by Crippen LogP contribution is -2.03. The van der Waals surface area contributed by atoms with E-state index in [1.54, 1.807) is 0 Å². The molecule has 7 heteroatoms. The van der Waals surface area contributed by atoms with Crippen LogP contribution in [0.2, 0.25) is 0 Å². The molecule has 0 saturated carbocycles. The molecule has 0 N–H and O–H groups in total. The molecule has 3 rings (SSSR count). The Bertz CT molecular complexity index is 745. The number of aromatic nitrogens is 1. The number of fused-ring (bicyclic) bond motifs is 1. The maximum atomic E-state index is 12.6. The first-order valence-electron chi connectivity index (χ1n) is 5.16. The molecule has 0 aliphatic heterocycles. The van der Waals surface area contributed by atoms with Crippen LogP contribution in [0.1, 0.15) is 5.56 Å². The first kappa shape index (κ1) is 13.1. The van der Waals surface area contributed by atoms with Crippen LogP contribution in [0.4, 0.5) is 13.2 Å². The number of rotatable bonds is 1. The summed E-state index contributed by atoms with van der Waals surface area (Å²) >= 11 is 6.30. The van der Waals surface area contributed by atoms with Gasteiger partial charge < -0.3 is 0 Å². The zero-order chi connectivity index (χ0) is 13.6. The number of thiazole rings is 1. The zero-order valence-electron chi connectivity index (χ0n) is 9.16. The van der Waals surface area contributed by atoms with Gasteiger partial charge in [0.25, 0.3) is 0 Å². The van der Waals surface area contributed by atoms with Crippen LogP contribution >= 0.6 is 38.6 Å². The van der Waals surface area contributed by atoms with Gasteiger partial charge >= 0.3 is 6.18 Å². The van der Waals surface area contributed by atoms with Crippen LogP contribution in [0, 0.1) is 0 Å². The van der Waals surface area contributed by atoms with Crippen LogP contribution in [0.15, 0.2) is 34.1 Å². The van der Waals surface area contributed by atoms with E-state index in [0.717, 1.165) is 31.2 Å². The predicted octanol–water partition coefficient (Wildman–Crippen LogP) is 5.81. The quantitative estimate of drug-likeness (QED) is 0.531. The van der Waals surface area contributed by atoms with Crippen molar-refractivity contribution < 1.29 is 13.2 Å². The van der Waals surface area contributed by atoms with Gasteiger partial charge in [-0.3, -0.25) is 0 Å². The molecule has 1 aromatic carbocycles. The summed E-state index contributed by atoms with van der Waals surface area (Å²) in [6, 6.07) is 5.55. The predicted molar refractivity (Wildman–Crippen MR) is 75.6 cm³/mol. The molecule has 0 spiro atoms. The van der Waals surface area contributed by atoms with Gasteiger partial charge in [0, 0.05) is 4.47 Å². The van der Waals surface area contributed by atoms with E-state index in [9.17, 15) is 13.2 Å². The summed E-state index contributed by atoms with van der Waals surface area (Å²) in [7, 11) is 0. The smallest absolute Gasteiger partial charge is 0.235 e. The maximum absolute atomic E-state index is 12.6. The van der Waals surface area contributed by atoms with Crippen molar-refractivity contribution in [1.82, 2.24) is 4.98 Å². The van der Waals surface area contributed by atoms with E-state index < -0.39 is 11.7 Å². The monoisotopic (exact) mass is 363 g/mol. The van der Waals surface area contributed by atoms with Gasteiger partial charge in [-0.1, -0.05) is 0 Å². The molecule has 19 heavy (non-hydrogen) atoms. The molecule has 2 aromatic heterocycles. The SMILES string of the molecule is FC(F)(F)c1ccc2sc(-c3sccc3Br)nc2c1. The fourth-order valence-corrected chi connectivity index (χ4v) is 4.39. The lowest BCUT2D eigenvalue weighted by atomic mass is 10.2. The van der Waals surface area contributed by atoms with Gasteiger partial charge in [-0.15, -0.1) is 22.7 Å². The number of benzene rings is 1. The first-order valence-corrected chi connectivity index (χ1v) is 7.65. The van der Waals surface area contributed by atoms with Gasteiger partial charge in [0.2, 0.25) is 0 Å². The fraction of sp³-hybridized carbons (Fsp3) is 0.0833. The summed E-state index contributed by atoms with van der Waals surface area (Å²) in [6.45, 7) is 0. The molecule has 0 aliphatic carbocycles. The molecular weight excluding hydrogens is 359 g/mol. The van der Waals surface area contributed by atoms with E-state index in [2.05, 4.69) is 20.9 Å². The summed E-state index contributed by atoms with van der Waals surface area (Å²) in [5.41, 5.74) is -0.280. The summed E-state index contributed by atoms with van der Waals surface area (Å²) in [6.07, 6.45) is -4.33. The Morgan fingerprint density at radius 2 is 1.95 bits per heavy atom. The molecule has 0 radical (unpaired) electrons. The van der Waals surface area contributed by atoms with E-state index >= 15 is 0 Å².